The molecule has 1 atom stereocenters. The summed E-state index contributed by atoms with van der Waals surface area (Å²) >= 11 is 7.64. The van der Waals surface area contributed by atoms with E-state index in [4.69, 9.17) is 21.1 Å². The summed E-state index contributed by atoms with van der Waals surface area (Å²) in [5.41, 5.74) is 4.19. The van der Waals surface area contributed by atoms with E-state index in [0.717, 1.165) is 29.7 Å². The Kier molecular flexibility index (Phi) is 7.94. The Hall–Kier alpha value is -3.76. The molecule has 39 heavy (non-hydrogen) atoms. The second kappa shape index (κ2) is 11.5. The van der Waals surface area contributed by atoms with Crippen molar-refractivity contribution in [1.82, 2.24) is 15.0 Å². The molecule has 202 valence electrons. The molecule has 0 saturated carbocycles. The van der Waals surface area contributed by atoms with Crippen molar-refractivity contribution in [3.63, 3.8) is 0 Å². The standard InChI is InChI=1S/C28H26ClFN4O4S/c1-16-6-8-18-24(10-16)39-27-26(18)28(36)34(15-31-27)13-25(35)33-32-12-17-7-9-22(23(11-17)37-2)38-14-19-20(29)4-3-5-21(19)30/h3-5,7,9,11-12,15-16H,6,8,10,13-14H2,1-2H3,(H,33,35)/b32-12-/t16-/m0/s1. The first-order valence-electron chi connectivity index (χ1n) is 12.4. The van der Waals surface area contributed by atoms with E-state index in [1.165, 1.54) is 41.2 Å². The molecule has 2 aromatic heterocycles. The Bertz CT molecular complexity index is 1610. The first-order valence-corrected chi connectivity index (χ1v) is 13.6. The van der Waals surface area contributed by atoms with Gasteiger partial charge >= 0.3 is 0 Å². The average molecular weight is 569 g/mol. The average Bonchev–Trinajstić information content (AvgIpc) is 3.28. The fourth-order valence-electron chi connectivity index (χ4n) is 4.55. The third-order valence-corrected chi connectivity index (χ3v) is 8.14. The van der Waals surface area contributed by atoms with E-state index in [-0.39, 0.29) is 29.3 Å². The molecule has 4 aromatic rings. The minimum Gasteiger partial charge on any atom is -0.493 e. The number of aryl methyl sites for hydroxylation is 1. The van der Waals surface area contributed by atoms with Gasteiger partial charge in [0.15, 0.2) is 11.5 Å². The number of hydrazone groups is 1. The van der Waals surface area contributed by atoms with E-state index in [1.54, 1.807) is 35.6 Å². The third kappa shape index (κ3) is 5.81. The molecule has 2 heterocycles. The largest absolute Gasteiger partial charge is 0.493 e. The number of carbonyl (C=O) groups is 1. The minimum absolute atomic E-state index is 0.0707. The quantitative estimate of drug-likeness (QED) is 0.235. The number of nitrogens with zero attached hydrogens (tertiary/aromatic N) is 3. The molecule has 0 saturated heterocycles. The maximum atomic E-state index is 14.0. The van der Waals surface area contributed by atoms with Crippen molar-refractivity contribution in [1.29, 1.82) is 0 Å². The monoisotopic (exact) mass is 568 g/mol. The molecule has 0 spiro atoms. The van der Waals surface area contributed by atoms with Crippen LogP contribution in [0.25, 0.3) is 10.2 Å². The summed E-state index contributed by atoms with van der Waals surface area (Å²) in [5, 5.41) is 4.90. The number of halogens is 2. The summed E-state index contributed by atoms with van der Waals surface area (Å²) in [6.07, 6.45) is 5.72. The van der Waals surface area contributed by atoms with E-state index >= 15 is 0 Å². The van der Waals surface area contributed by atoms with Gasteiger partial charge in [-0.2, -0.15) is 5.10 Å². The second-order valence-electron chi connectivity index (χ2n) is 9.40. The van der Waals surface area contributed by atoms with Gasteiger partial charge in [-0.1, -0.05) is 24.6 Å². The summed E-state index contributed by atoms with van der Waals surface area (Å²) < 4.78 is 26.4. The van der Waals surface area contributed by atoms with Gasteiger partial charge in [0.05, 0.1) is 30.1 Å². The molecule has 0 aliphatic heterocycles. The van der Waals surface area contributed by atoms with Crippen LogP contribution in [0.2, 0.25) is 5.02 Å². The fraction of sp³-hybridized carbons (Fsp3) is 0.286. The molecule has 5 rings (SSSR count). The number of thiophene rings is 1. The highest BCUT2D eigenvalue weighted by atomic mass is 35.5. The summed E-state index contributed by atoms with van der Waals surface area (Å²) in [5.74, 6) is 0.477. The number of ether oxygens (including phenoxy) is 2. The number of rotatable bonds is 8. The lowest BCUT2D eigenvalue weighted by Gasteiger charge is -2.17. The van der Waals surface area contributed by atoms with Crippen molar-refractivity contribution >= 4 is 45.3 Å². The van der Waals surface area contributed by atoms with Gasteiger partial charge in [-0.05, 0) is 66.6 Å². The Morgan fingerprint density at radius 3 is 2.97 bits per heavy atom. The molecular formula is C28H26ClFN4O4S. The molecule has 8 nitrogen and oxygen atoms in total. The van der Waals surface area contributed by atoms with E-state index < -0.39 is 11.7 Å². The molecule has 1 amide bonds. The van der Waals surface area contributed by atoms with Gasteiger partial charge in [0.25, 0.3) is 11.5 Å². The minimum atomic E-state index is -0.457. The zero-order chi connectivity index (χ0) is 27.5. The number of hydrogen-bond acceptors (Lipinski definition) is 7. The van der Waals surface area contributed by atoms with Gasteiger partial charge in [0, 0.05) is 10.4 Å². The number of hydrogen-bond donors (Lipinski definition) is 1. The Balaban J connectivity index is 1.23. The number of benzene rings is 2. The lowest BCUT2D eigenvalue weighted by molar-refractivity contribution is -0.121. The van der Waals surface area contributed by atoms with Crippen LogP contribution in [0.1, 0.15) is 34.9 Å². The van der Waals surface area contributed by atoms with Gasteiger partial charge in [0.1, 0.15) is 23.8 Å². The number of carbonyl (C=O) groups excluding carboxylic acids is 1. The van der Waals surface area contributed by atoms with Crippen LogP contribution < -0.4 is 20.5 Å². The molecular weight excluding hydrogens is 543 g/mol. The molecule has 0 bridgehead atoms. The van der Waals surface area contributed by atoms with Crippen LogP contribution in [-0.4, -0.2) is 28.8 Å². The molecule has 2 aromatic carbocycles. The number of fused-ring (bicyclic) bond motifs is 3. The van der Waals surface area contributed by atoms with Gasteiger partial charge < -0.3 is 9.47 Å². The molecule has 0 radical (unpaired) electrons. The lowest BCUT2D eigenvalue weighted by atomic mass is 9.89. The summed E-state index contributed by atoms with van der Waals surface area (Å²) in [6, 6.07) is 9.46. The summed E-state index contributed by atoms with van der Waals surface area (Å²) in [4.78, 5) is 32.0. The van der Waals surface area contributed by atoms with Crippen molar-refractivity contribution in [3.05, 3.63) is 85.5 Å². The molecule has 11 heteroatoms. The first-order chi connectivity index (χ1) is 18.8. The topological polar surface area (TPSA) is 94.8 Å². The van der Waals surface area contributed by atoms with Crippen LogP contribution in [0.15, 0.2) is 52.6 Å². The number of amides is 1. The van der Waals surface area contributed by atoms with Crippen LogP contribution in [0.4, 0.5) is 4.39 Å². The zero-order valence-electron chi connectivity index (χ0n) is 21.4. The molecule has 1 N–H and O–H groups in total. The van der Waals surface area contributed by atoms with Crippen molar-refractivity contribution in [2.24, 2.45) is 11.0 Å². The number of nitrogens with one attached hydrogen (secondary N) is 1. The van der Waals surface area contributed by atoms with Crippen LogP contribution in [0.3, 0.4) is 0 Å². The number of aromatic nitrogens is 2. The van der Waals surface area contributed by atoms with Crippen LogP contribution in [0.5, 0.6) is 11.5 Å². The van der Waals surface area contributed by atoms with Gasteiger partial charge in [-0.15, -0.1) is 11.3 Å². The normalized spacial score (nSPS) is 14.9. The second-order valence-corrected chi connectivity index (χ2v) is 10.9. The first kappa shape index (κ1) is 26.8. The molecule has 0 unspecified atom stereocenters. The highest BCUT2D eigenvalue weighted by Crippen LogP contribution is 2.35. The van der Waals surface area contributed by atoms with Crippen molar-refractivity contribution in [2.75, 3.05) is 7.11 Å². The van der Waals surface area contributed by atoms with Gasteiger partial charge in [0.2, 0.25) is 0 Å². The summed E-state index contributed by atoms with van der Waals surface area (Å²) in [7, 11) is 1.48. The van der Waals surface area contributed by atoms with Crippen molar-refractivity contribution in [3.8, 4) is 11.5 Å². The maximum absolute atomic E-state index is 14.0. The van der Waals surface area contributed by atoms with Crippen molar-refractivity contribution in [2.45, 2.75) is 39.3 Å². The lowest BCUT2D eigenvalue weighted by Crippen LogP contribution is -2.30. The zero-order valence-corrected chi connectivity index (χ0v) is 22.9. The number of methoxy groups -OCH3 is 1. The Morgan fingerprint density at radius 1 is 1.33 bits per heavy atom. The Morgan fingerprint density at radius 2 is 2.18 bits per heavy atom. The summed E-state index contributed by atoms with van der Waals surface area (Å²) in [6.45, 7) is 1.94. The molecule has 0 fully saturated rings. The van der Waals surface area contributed by atoms with Crippen LogP contribution in [-0.2, 0) is 30.8 Å². The molecule has 1 aliphatic rings. The van der Waals surface area contributed by atoms with Gasteiger partial charge in [-0.25, -0.2) is 14.8 Å². The van der Waals surface area contributed by atoms with E-state index in [1.807, 2.05) is 0 Å². The van der Waals surface area contributed by atoms with Gasteiger partial charge in [-0.3, -0.25) is 14.2 Å². The predicted molar refractivity (Wildman–Crippen MR) is 150 cm³/mol. The smallest absolute Gasteiger partial charge is 0.262 e. The highest BCUT2D eigenvalue weighted by Gasteiger charge is 2.23. The fourth-order valence-corrected chi connectivity index (χ4v) is 6.11. The molecule has 1 aliphatic carbocycles. The van der Waals surface area contributed by atoms with Crippen LogP contribution >= 0.6 is 22.9 Å². The Labute approximate surface area is 233 Å². The van der Waals surface area contributed by atoms with E-state index in [0.29, 0.717) is 28.4 Å². The SMILES string of the molecule is COc1cc(/C=N\NC(=O)Cn2cnc3sc4c(c3c2=O)CC[C@H](C)C4)ccc1OCc1c(F)cccc1Cl. The third-order valence-electron chi connectivity index (χ3n) is 6.62. The highest BCUT2D eigenvalue weighted by molar-refractivity contribution is 7.18. The van der Waals surface area contributed by atoms with E-state index in [2.05, 4.69) is 22.4 Å². The predicted octanol–water partition coefficient (Wildman–Crippen LogP) is 5.11. The van der Waals surface area contributed by atoms with Crippen LogP contribution in [0, 0.1) is 11.7 Å². The maximum Gasteiger partial charge on any atom is 0.262 e. The van der Waals surface area contributed by atoms with E-state index in [9.17, 15) is 14.0 Å². The van der Waals surface area contributed by atoms with Crippen molar-refractivity contribution < 1.29 is 18.7 Å².